The monoisotopic (exact) mass is 258 g/mol. The molecule has 0 spiro atoms. The minimum absolute atomic E-state index is 0.0229. The molecule has 3 rings (SSSR count). The van der Waals surface area contributed by atoms with Gasteiger partial charge in [0.25, 0.3) is 0 Å². The number of nitrogens with one attached hydrogen (secondary N) is 1. The molecule has 0 aromatic carbocycles. The maximum atomic E-state index is 12.6. The second-order valence-electron chi connectivity index (χ2n) is 4.71. The Labute approximate surface area is 102 Å². The van der Waals surface area contributed by atoms with E-state index in [-0.39, 0.29) is 6.17 Å². The van der Waals surface area contributed by atoms with E-state index in [2.05, 4.69) is 15.2 Å². The fourth-order valence-corrected chi connectivity index (χ4v) is 2.42. The highest BCUT2D eigenvalue weighted by molar-refractivity contribution is 5.73. The lowest BCUT2D eigenvalue weighted by Gasteiger charge is -2.35. The van der Waals surface area contributed by atoms with Crippen LogP contribution in [-0.2, 0) is 6.18 Å². The third-order valence-electron chi connectivity index (χ3n) is 3.37. The number of piperazine rings is 1. The average molecular weight is 258 g/mol. The Balaban J connectivity index is 1.93. The molecule has 1 fully saturated rings. The number of hydrogen-bond donors (Lipinski definition) is 1. The predicted octanol–water partition coefficient (Wildman–Crippen LogP) is 1.60. The molecule has 1 aromatic rings. The summed E-state index contributed by atoms with van der Waals surface area (Å²) in [6.07, 6.45) is -3.42. The van der Waals surface area contributed by atoms with Gasteiger partial charge in [-0.3, -0.25) is 0 Å². The summed E-state index contributed by atoms with van der Waals surface area (Å²) in [7, 11) is 2.00. The minimum atomic E-state index is -4.34. The molecule has 18 heavy (non-hydrogen) atoms. The Kier molecular flexibility index (Phi) is 2.41. The number of rotatable bonds is 0. The zero-order chi connectivity index (χ0) is 12.9. The van der Waals surface area contributed by atoms with Crippen molar-refractivity contribution in [2.45, 2.75) is 12.3 Å². The zero-order valence-corrected chi connectivity index (χ0v) is 9.83. The predicted molar refractivity (Wildman–Crippen MR) is 61.5 cm³/mol. The average Bonchev–Trinajstić information content (AvgIpc) is 2.63. The fourth-order valence-electron chi connectivity index (χ4n) is 2.42. The highest BCUT2D eigenvalue weighted by Gasteiger charge is 2.37. The van der Waals surface area contributed by atoms with Gasteiger partial charge in [-0.05, 0) is 13.1 Å². The van der Waals surface area contributed by atoms with Crippen LogP contribution >= 0.6 is 0 Å². The second-order valence-corrected chi connectivity index (χ2v) is 4.71. The van der Waals surface area contributed by atoms with Gasteiger partial charge in [-0.1, -0.05) is 0 Å². The SMILES string of the molecule is CN1CCN2c3ncc(C(F)(F)F)cc3N[C@H]2C1. The summed E-state index contributed by atoms with van der Waals surface area (Å²) in [6, 6.07) is 1.14. The highest BCUT2D eigenvalue weighted by atomic mass is 19.4. The summed E-state index contributed by atoms with van der Waals surface area (Å²) < 4.78 is 37.8. The number of pyridine rings is 1. The van der Waals surface area contributed by atoms with Gasteiger partial charge in [-0.25, -0.2) is 4.98 Å². The number of anilines is 2. The first-order valence-corrected chi connectivity index (χ1v) is 5.74. The Morgan fingerprint density at radius 3 is 2.89 bits per heavy atom. The summed E-state index contributed by atoms with van der Waals surface area (Å²) in [5.74, 6) is 0.626. The Morgan fingerprint density at radius 2 is 2.17 bits per heavy atom. The maximum absolute atomic E-state index is 12.6. The summed E-state index contributed by atoms with van der Waals surface area (Å²) in [4.78, 5) is 8.13. The second kappa shape index (κ2) is 3.74. The van der Waals surface area contributed by atoms with Crippen LogP contribution in [0.25, 0.3) is 0 Å². The van der Waals surface area contributed by atoms with Crippen LogP contribution in [0.1, 0.15) is 5.56 Å². The van der Waals surface area contributed by atoms with Gasteiger partial charge in [0.2, 0.25) is 0 Å². The van der Waals surface area contributed by atoms with Gasteiger partial charge in [0.15, 0.2) is 5.82 Å². The van der Waals surface area contributed by atoms with E-state index in [0.717, 1.165) is 31.9 Å². The summed E-state index contributed by atoms with van der Waals surface area (Å²) in [5.41, 5.74) is -0.230. The van der Waals surface area contributed by atoms with Gasteiger partial charge < -0.3 is 15.1 Å². The number of aromatic nitrogens is 1. The van der Waals surface area contributed by atoms with E-state index in [1.165, 1.54) is 0 Å². The molecule has 2 aliphatic heterocycles. The molecule has 98 valence electrons. The third-order valence-corrected chi connectivity index (χ3v) is 3.37. The van der Waals surface area contributed by atoms with Gasteiger partial charge in [0.05, 0.1) is 11.3 Å². The van der Waals surface area contributed by atoms with E-state index >= 15 is 0 Å². The molecule has 2 aliphatic rings. The lowest BCUT2D eigenvalue weighted by Crippen LogP contribution is -2.52. The molecule has 0 bridgehead atoms. The van der Waals surface area contributed by atoms with Crippen molar-refractivity contribution < 1.29 is 13.2 Å². The summed E-state index contributed by atoms with van der Waals surface area (Å²) in [5, 5.41) is 3.10. The van der Waals surface area contributed by atoms with E-state index < -0.39 is 11.7 Å². The molecule has 1 saturated heterocycles. The molecule has 4 nitrogen and oxygen atoms in total. The molecule has 0 saturated carbocycles. The van der Waals surface area contributed by atoms with Crippen molar-refractivity contribution in [1.82, 2.24) is 9.88 Å². The molecule has 0 amide bonds. The lowest BCUT2D eigenvalue weighted by molar-refractivity contribution is -0.137. The Bertz CT molecular complexity index is 474. The van der Waals surface area contributed by atoms with E-state index in [9.17, 15) is 13.2 Å². The van der Waals surface area contributed by atoms with Gasteiger partial charge in [-0.15, -0.1) is 0 Å². The number of alkyl halides is 3. The van der Waals surface area contributed by atoms with Crippen LogP contribution in [0.15, 0.2) is 12.3 Å². The molecule has 1 N–H and O–H groups in total. The van der Waals surface area contributed by atoms with Crippen LogP contribution in [-0.4, -0.2) is 42.7 Å². The van der Waals surface area contributed by atoms with Crippen molar-refractivity contribution in [2.75, 3.05) is 36.9 Å². The smallest absolute Gasteiger partial charge is 0.361 e. The lowest BCUT2D eigenvalue weighted by atomic mass is 10.2. The number of likely N-dealkylation sites (N-methyl/N-ethyl adjacent to an activating group) is 1. The topological polar surface area (TPSA) is 31.4 Å². The van der Waals surface area contributed by atoms with Crippen LogP contribution < -0.4 is 10.2 Å². The summed E-state index contributed by atoms with van der Waals surface area (Å²) in [6.45, 7) is 2.44. The van der Waals surface area contributed by atoms with Crippen LogP contribution in [0.3, 0.4) is 0 Å². The first-order valence-electron chi connectivity index (χ1n) is 5.74. The van der Waals surface area contributed by atoms with Gasteiger partial charge in [-0.2, -0.15) is 13.2 Å². The van der Waals surface area contributed by atoms with Crippen molar-refractivity contribution in [1.29, 1.82) is 0 Å². The molecular weight excluding hydrogens is 245 g/mol. The van der Waals surface area contributed by atoms with Gasteiger partial charge in [0.1, 0.15) is 6.17 Å². The van der Waals surface area contributed by atoms with E-state index in [4.69, 9.17) is 0 Å². The molecule has 1 atom stereocenters. The number of halogens is 3. The molecule has 0 aliphatic carbocycles. The molecular formula is C11H13F3N4. The molecule has 1 aromatic heterocycles. The summed E-state index contributed by atoms with van der Waals surface area (Å²) >= 11 is 0. The largest absolute Gasteiger partial charge is 0.417 e. The maximum Gasteiger partial charge on any atom is 0.417 e. The minimum Gasteiger partial charge on any atom is -0.361 e. The van der Waals surface area contributed by atoms with E-state index in [0.29, 0.717) is 11.5 Å². The normalized spacial score (nSPS) is 23.6. The highest BCUT2D eigenvalue weighted by Crippen LogP contribution is 2.38. The van der Waals surface area contributed by atoms with Crippen molar-refractivity contribution in [3.63, 3.8) is 0 Å². The molecule has 7 heteroatoms. The molecule has 0 unspecified atom stereocenters. The van der Waals surface area contributed by atoms with Gasteiger partial charge in [0, 0.05) is 25.8 Å². The molecule has 0 radical (unpaired) electrons. The van der Waals surface area contributed by atoms with Crippen molar-refractivity contribution in [2.24, 2.45) is 0 Å². The number of nitrogens with zero attached hydrogens (tertiary/aromatic N) is 3. The Morgan fingerprint density at radius 1 is 1.39 bits per heavy atom. The first kappa shape index (κ1) is 11.6. The van der Waals surface area contributed by atoms with Gasteiger partial charge >= 0.3 is 6.18 Å². The third kappa shape index (κ3) is 1.78. The Hall–Kier alpha value is -1.50. The van der Waals surface area contributed by atoms with E-state index in [1.54, 1.807) is 0 Å². The van der Waals surface area contributed by atoms with Crippen molar-refractivity contribution in [3.8, 4) is 0 Å². The van der Waals surface area contributed by atoms with Crippen molar-refractivity contribution >= 4 is 11.5 Å². The number of fused-ring (bicyclic) bond motifs is 3. The van der Waals surface area contributed by atoms with Crippen LogP contribution in [0.4, 0.5) is 24.7 Å². The van der Waals surface area contributed by atoms with Crippen LogP contribution in [0, 0.1) is 0 Å². The fraction of sp³-hybridized carbons (Fsp3) is 0.545. The standard InChI is InChI=1S/C11H13F3N4/c1-17-2-3-18-9(6-17)16-8-4-7(11(12,13)14)5-15-10(8)18/h4-5,9,16H,2-3,6H2,1H3/t9-/m1/s1. The molecule has 3 heterocycles. The van der Waals surface area contributed by atoms with Crippen LogP contribution in [0.2, 0.25) is 0 Å². The number of hydrogen-bond acceptors (Lipinski definition) is 4. The van der Waals surface area contributed by atoms with Crippen LogP contribution in [0.5, 0.6) is 0 Å². The zero-order valence-electron chi connectivity index (χ0n) is 9.83. The first-order chi connectivity index (χ1) is 8.45. The quantitative estimate of drug-likeness (QED) is 0.766. The van der Waals surface area contributed by atoms with Crippen molar-refractivity contribution in [3.05, 3.63) is 17.8 Å². The van der Waals surface area contributed by atoms with E-state index in [1.807, 2.05) is 11.9 Å².